The van der Waals surface area contributed by atoms with E-state index in [9.17, 15) is 18.5 Å². The Morgan fingerprint density at radius 2 is 2.33 bits per heavy atom. The molecule has 0 aliphatic heterocycles. The maximum absolute atomic E-state index is 12.4. The van der Waals surface area contributed by atoms with Crippen molar-refractivity contribution in [2.24, 2.45) is 5.84 Å². The second-order valence-electron chi connectivity index (χ2n) is 4.05. The molecule has 0 fully saturated rings. The molecule has 0 saturated heterocycles. The highest BCUT2D eigenvalue weighted by Crippen LogP contribution is 2.37. The number of hydrazine groups is 1. The summed E-state index contributed by atoms with van der Waals surface area (Å²) in [5.41, 5.74) is 2.43. The molecule has 2 aromatic heterocycles. The Morgan fingerprint density at radius 1 is 1.62 bits per heavy atom. The van der Waals surface area contributed by atoms with Crippen molar-refractivity contribution in [1.29, 1.82) is 0 Å². The maximum atomic E-state index is 12.4. The highest BCUT2D eigenvalue weighted by atomic mass is 32.2. The molecule has 114 valence electrons. The van der Waals surface area contributed by atoms with Gasteiger partial charge in [-0.3, -0.25) is 15.2 Å². The molecule has 2 rings (SSSR count). The number of thiophene rings is 1. The Morgan fingerprint density at radius 3 is 2.81 bits per heavy atom. The van der Waals surface area contributed by atoms with Crippen LogP contribution in [0.15, 0.2) is 22.7 Å². The largest absolute Gasteiger partial charge is 0.310 e. The Hall–Kier alpha value is -2.02. The van der Waals surface area contributed by atoms with E-state index < -0.39 is 14.9 Å². The number of nitrogens with two attached hydrogens (primary N) is 1. The fraction of sp³-hybridized carbons (Fsp3) is 0.222. The Labute approximate surface area is 123 Å². The summed E-state index contributed by atoms with van der Waals surface area (Å²) in [7, 11) is -2.47. The van der Waals surface area contributed by atoms with Crippen LogP contribution in [0.4, 0.5) is 10.7 Å². The van der Waals surface area contributed by atoms with E-state index in [-0.39, 0.29) is 21.4 Å². The van der Waals surface area contributed by atoms with Crippen LogP contribution < -0.4 is 11.3 Å². The van der Waals surface area contributed by atoms with Gasteiger partial charge in [0.1, 0.15) is 4.21 Å². The Bertz CT molecular complexity index is 738. The zero-order valence-corrected chi connectivity index (χ0v) is 12.4. The predicted octanol–water partition coefficient (Wildman–Crippen LogP) is 0.486. The van der Waals surface area contributed by atoms with Crippen molar-refractivity contribution in [3.8, 4) is 0 Å². The van der Waals surface area contributed by atoms with Crippen molar-refractivity contribution in [3.05, 3.63) is 34.1 Å². The van der Waals surface area contributed by atoms with Gasteiger partial charge in [-0.05, 0) is 0 Å². The van der Waals surface area contributed by atoms with Gasteiger partial charge in [0.15, 0.2) is 5.00 Å². The Balaban J connectivity index is 2.33. The molecular formula is C9H12N6O4S2. The number of H-pyrrole nitrogens is 1. The predicted molar refractivity (Wildman–Crippen MR) is 76.0 cm³/mol. The maximum Gasteiger partial charge on any atom is 0.306 e. The molecule has 0 aliphatic carbocycles. The number of hydrogen-bond acceptors (Lipinski definition) is 8. The van der Waals surface area contributed by atoms with E-state index in [1.807, 2.05) is 0 Å². The molecule has 12 heteroatoms. The van der Waals surface area contributed by atoms with E-state index in [1.165, 1.54) is 13.2 Å². The summed E-state index contributed by atoms with van der Waals surface area (Å²) in [5, 5.41) is 17.1. The molecular weight excluding hydrogens is 320 g/mol. The van der Waals surface area contributed by atoms with Gasteiger partial charge in [-0.15, -0.1) is 0 Å². The van der Waals surface area contributed by atoms with Crippen LogP contribution in [0.1, 0.15) is 5.56 Å². The lowest BCUT2D eigenvalue weighted by molar-refractivity contribution is -0.383. The zero-order chi connectivity index (χ0) is 15.6. The van der Waals surface area contributed by atoms with Crippen LogP contribution in [0.5, 0.6) is 0 Å². The highest BCUT2D eigenvalue weighted by Gasteiger charge is 2.29. The molecule has 10 nitrogen and oxygen atoms in total. The third kappa shape index (κ3) is 3.02. The number of sulfonamides is 1. The second kappa shape index (κ2) is 5.77. The number of hydrogen-bond donors (Lipinski definition) is 3. The van der Waals surface area contributed by atoms with Gasteiger partial charge in [-0.2, -0.15) is 9.40 Å². The molecule has 21 heavy (non-hydrogen) atoms. The lowest BCUT2D eigenvalue weighted by Gasteiger charge is -2.14. The van der Waals surface area contributed by atoms with Crippen LogP contribution >= 0.6 is 11.3 Å². The van der Waals surface area contributed by atoms with Gasteiger partial charge in [0.2, 0.25) is 0 Å². The first-order valence-corrected chi connectivity index (χ1v) is 7.80. The minimum absolute atomic E-state index is 0.0183. The summed E-state index contributed by atoms with van der Waals surface area (Å²) < 4.78 is 25.7. The Kier molecular flexibility index (Phi) is 4.22. The van der Waals surface area contributed by atoms with Crippen molar-refractivity contribution in [2.75, 3.05) is 12.5 Å². The normalized spacial score (nSPS) is 11.8. The third-order valence-corrected chi connectivity index (χ3v) is 5.95. The molecule has 4 N–H and O–H groups in total. The number of anilines is 1. The van der Waals surface area contributed by atoms with Crippen LogP contribution in [0.3, 0.4) is 0 Å². The highest BCUT2D eigenvalue weighted by molar-refractivity contribution is 7.91. The number of aromatic amines is 1. The molecule has 0 amide bonds. The number of nitro groups is 1. The minimum Gasteiger partial charge on any atom is -0.310 e. The summed E-state index contributed by atoms with van der Waals surface area (Å²) in [6.07, 6.45) is 3.06. The monoisotopic (exact) mass is 332 g/mol. The number of nitrogens with one attached hydrogen (secondary N) is 2. The van der Waals surface area contributed by atoms with Gasteiger partial charge in [-0.25, -0.2) is 14.3 Å². The van der Waals surface area contributed by atoms with Gasteiger partial charge in [0.05, 0.1) is 11.1 Å². The van der Waals surface area contributed by atoms with E-state index in [0.717, 1.165) is 10.4 Å². The fourth-order valence-electron chi connectivity index (χ4n) is 1.59. The van der Waals surface area contributed by atoms with Crippen LogP contribution in [0, 0.1) is 10.1 Å². The minimum atomic E-state index is -3.85. The summed E-state index contributed by atoms with van der Waals surface area (Å²) >= 11 is 0.705. The molecule has 0 unspecified atom stereocenters. The summed E-state index contributed by atoms with van der Waals surface area (Å²) in [6.45, 7) is 0.0932. The molecule has 0 radical (unpaired) electrons. The lowest BCUT2D eigenvalue weighted by Crippen LogP contribution is -2.25. The topological polar surface area (TPSA) is 147 Å². The smallest absolute Gasteiger partial charge is 0.306 e. The van der Waals surface area contributed by atoms with E-state index in [1.54, 1.807) is 6.20 Å². The van der Waals surface area contributed by atoms with Gasteiger partial charge >= 0.3 is 5.69 Å². The first kappa shape index (κ1) is 15.4. The van der Waals surface area contributed by atoms with Gasteiger partial charge in [-0.1, -0.05) is 11.3 Å². The molecule has 2 heterocycles. The molecule has 0 bridgehead atoms. The van der Waals surface area contributed by atoms with Crippen molar-refractivity contribution < 1.29 is 13.3 Å². The molecule has 0 saturated carbocycles. The first-order chi connectivity index (χ1) is 9.86. The van der Waals surface area contributed by atoms with Crippen molar-refractivity contribution in [2.45, 2.75) is 10.8 Å². The number of aromatic nitrogens is 2. The summed E-state index contributed by atoms with van der Waals surface area (Å²) in [6, 6.07) is 0.987. The molecule has 2 aromatic rings. The van der Waals surface area contributed by atoms with E-state index in [2.05, 4.69) is 15.6 Å². The van der Waals surface area contributed by atoms with Gasteiger partial charge in [0, 0.05) is 31.4 Å². The summed E-state index contributed by atoms with van der Waals surface area (Å²) in [5.74, 6) is 5.17. The second-order valence-corrected chi connectivity index (χ2v) is 7.37. The summed E-state index contributed by atoms with van der Waals surface area (Å²) in [4.78, 5) is 10.1. The molecule has 0 atom stereocenters. The first-order valence-electron chi connectivity index (χ1n) is 5.55. The number of nitrogen functional groups attached to an aromatic ring is 1. The van der Waals surface area contributed by atoms with E-state index in [4.69, 9.17) is 5.84 Å². The lowest BCUT2D eigenvalue weighted by atomic mass is 10.4. The van der Waals surface area contributed by atoms with Crippen LogP contribution in [0.25, 0.3) is 0 Å². The SMILES string of the molecule is CN(Cc1cn[nH]c1)S(=O)(=O)c1cc([N+](=O)[O-])c(NN)s1. The fourth-order valence-corrected chi connectivity index (χ4v) is 4.19. The van der Waals surface area contributed by atoms with Crippen LogP contribution in [0.2, 0.25) is 0 Å². The molecule has 0 aromatic carbocycles. The third-order valence-electron chi connectivity index (χ3n) is 2.64. The quantitative estimate of drug-likeness (QED) is 0.396. The number of nitrogens with zero attached hydrogens (tertiary/aromatic N) is 3. The van der Waals surface area contributed by atoms with Crippen molar-refractivity contribution >= 4 is 32.0 Å². The van der Waals surface area contributed by atoms with Crippen molar-refractivity contribution in [1.82, 2.24) is 14.5 Å². The van der Waals surface area contributed by atoms with E-state index in [0.29, 0.717) is 16.9 Å². The van der Waals surface area contributed by atoms with Crippen LogP contribution in [-0.2, 0) is 16.6 Å². The van der Waals surface area contributed by atoms with Gasteiger partial charge < -0.3 is 5.43 Å². The molecule has 0 aliphatic rings. The van der Waals surface area contributed by atoms with Crippen molar-refractivity contribution in [3.63, 3.8) is 0 Å². The standard InChI is InChI=1S/C9H12N6O4S2/c1-14(5-6-3-11-12-4-6)21(18,19)8-2-7(15(16)17)9(13-10)20-8/h2-4,13H,5,10H2,1H3,(H,11,12). The molecule has 0 spiro atoms. The average Bonchev–Trinajstić information content (AvgIpc) is 3.06. The number of rotatable bonds is 6. The zero-order valence-electron chi connectivity index (χ0n) is 10.8. The average molecular weight is 332 g/mol. The van der Waals surface area contributed by atoms with Gasteiger partial charge in [0.25, 0.3) is 10.0 Å². The van der Waals surface area contributed by atoms with E-state index >= 15 is 0 Å². The van der Waals surface area contributed by atoms with Crippen LogP contribution in [-0.4, -0.2) is 34.9 Å².